The van der Waals surface area contributed by atoms with Gasteiger partial charge in [-0.05, 0) is 95.9 Å². The van der Waals surface area contributed by atoms with E-state index in [9.17, 15) is 24.0 Å². The molecule has 1 heterocycles. The molecule has 0 radical (unpaired) electrons. The third-order valence-corrected chi connectivity index (χ3v) is 11.3. The number of aliphatic hydroxyl groups is 1. The van der Waals surface area contributed by atoms with Crippen LogP contribution in [-0.4, -0.2) is 53.1 Å². The maximum Gasteiger partial charge on any atom is 0.311 e. The Balaban J connectivity index is 0.000000739. The molecule has 3 aromatic carbocycles. The zero-order chi connectivity index (χ0) is 46.3. The zero-order valence-electron chi connectivity index (χ0n) is 39.0. The predicted molar refractivity (Wildman–Crippen MR) is 241 cm³/mol. The number of ether oxygens (including phenoxy) is 2. The van der Waals surface area contributed by atoms with Crippen LogP contribution in [0, 0.1) is 28.1 Å². The number of imide groups is 1. The molecule has 1 fully saturated rings. The number of nitrogens with zero attached hydrogens (tertiary/aromatic N) is 1. The lowest BCUT2D eigenvalue weighted by Gasteiger charge is -2.22. The van der Waals surface area contributed by atoms with Gasteiger partial charge >= 0.3 is 17.9 Å². The van der Waals surface area contributed by atoms with Crippen LogP contribution in [-0.2, 0) is 45.5 Å². The number of aliphatic carboxylic acids is 1. The summed E-state index contributed by atoms with van der Waals surface area (Å²) >= 11 is 0. The molecule has 1 saturated heterocycles. The van der Waals surface area contributed by atoms with Crippen molar-refractivity contribution in [1.82, 2.24) is 0 Å². The van der Waals surface area contributed by atoms with Crippen LogP contribution in [0.15, 0.2) is 91.0 Å². The van der Waals surface area contributed by atoms with Gasteiger partial charge in [-0.2, -0.15) is 0 Å². The number of benzene rings is 3. The molecule has 10 heteroatoms. The number of rotatable bonds is 13. The van der Waals surface area contributed by atoms with Gasteiger partial charge in [-0.3, -0.25) is 28.9 Å². The van der Waals surface area contributed by atoms with Crippen molar-refractivity contribution in [3.63, 3.8) is 0 Å². The van der Waals surface area contributed by atoms with E-state index in [1.165, 1.54) is 16.9 Å². The molecule has 4 rings (SSSR count). The van der Waals surface area contributed by atoms with Crippen LogP contribution in [0.4, 0.5) is 5.69 Å². The number of amides is 2. The van der Waals surface area contributed by atoms with E-state index in [1.54, 1.807) is 39.8 Å². The molecule has 10 nitrogen and oxygen atoms in total. The van der Waals surface area contributed by atoms with E-state index >= 15 is 0 Å². The van der Waals surface area contributed by atoms with Gasteiger partial charge in [0.25, 0.3) is 0 Å². The van der Waals surface area contributed by atoms with Crippen LogP contribution in [0.1, 0.15) is 134 Å². The summed E-state index contributed by atoms with van der Waals surface area (Å²) in [4.78, 5) is 58.0. The Hall–Kier alpha value is -4.83. The lowest BCUT2D eigenvalue weighted by atomic mass is 9.82. The molecule has 0 aromatic heterocycles. The Morgan fingerprint density at radius 3 is 1.32 bits per heavy atom. The van der Waals surface area contributed by atoms with E-state index in [4.69, 9.17) is 19.7 Å². The van der Waals surface area contributed by atoms with E-state index < -0.39 is 16.8 Å². The number of hydrogen-bond donors (Lipinski definition) is 2. The molecule has 334 valence electrons. The number of hydrogen-bond acceptors (Lipinski definition) is 8. The lowest BCUT2D eigenvalue weighted by molar-refractivity contribution is -0.156. The largest absolute Gasteiger partial charge is 0.481 e. The first-order valence-electron chi connectivity index (χ1n) is 21.1. The second-order valence-corrected chi connectivity index (χ2v) is 17.5. The van der Waals surface area contributed by atoms with Gasteiger partial charge in [-0.1, -0.05) is 134 Å². The minimum absolute atomic E-state index is 0.0984. The second kappa shape index (κ2) is 26.4. The number of para-hydroxylation sites is 1. The molecule has 3 aromatic rings. The maximum absolute atomic E-state index is 11.8. The van der Waals surface area contributed by atoms with Gasteiger partial charge in [0.05, 0.1) is 28.5 Å². The number of carbonyl (C=O) groups is 5. The predicted octanol–water partition coefficient (Wildman–Crippen LogP) is 10.8. The van der Waals surface area contributed by atoms with Crippen molar-refractivity contribution >= 4 is 35.4 Å². The normalized spacial score (nSPS) is 15.0. The van der Waals surface area contributed by atoms with Gasteiger partial charge in [-0.25, -0.2) is 0 Å². The first-order valence-corrected chi connectivity index (χ1v) is 21.1. The topological polar surface area (TPSA) is 148 Å². The Bertz CT molecular complexity index is 1700. The average molecular weight is 834 g/mol. The highest BCUT2D eigenvalue weighted by atomic mass is 16.5. The molecule has 0 spiro atoms. The highest BCUT2D eigenvalue weighted by Crippen LogP contribution is 2.30. The summed E-state index contributed by atoms with van der Waals surface area (Å²) in [5.74, 6) is -1.71. The minimum Gasteiger partial charge on any atom is -0.481 e. The first kappa shape index (κ1) is 55.2. The Morgan fingerprint density at radius 2 is 0.967 bits per heavy atom. The first-order chi connectivity index (χ1) is 27.9. The number of carboxylic acid groups (broad SMARTS) is 1. The molecule has 1 aliphatic heterocycles. The van der Waals surface area contributed by atoms with Crippen molar-refractivity contribution in [2.24, 2.45) is 28.1 Å². The van der Waals surface area contributed by atoms with E-state index in [2.05, 4.69) is 51.1 Å². The summed E-state index contributed by atoms with van der Waals surface area (Å²) in [5.41, 5.74) is 2.12. The van der Waals surface area contributed by atoms with Crippen molar-refractivity contribution in [1.29, 1.82) is 0 Å². The number of carbonyl (C=O) groups excluding carboxylic acids is 4. The fourth-order valence-corrected chi connectivity index (χ4v) is 4.56. The number of aliphatic hydroxyl groups excluding tert-OH is 1. The molecule has 2 N–H and O–H groups in total. The molecule has 0 aliphatic carbocycles. The smallest absolute Gasteiger partial charge is 0.311 e. The van der Waals surface area contributed by atoms with Gasteiger partial charge in [0, 0.05) is 11.8 Å². The van der Waals surface area contributed by atoms with Crippen LogP contribution >= 0.6 is 0 Å². The number of esters is 2. The molecule has 0 bridgehead atoms. The molecule has 2 amide bonds. The summed E-state index contributed by atoms with van der Waals surface area (Å²) < 4.78 is 10.0. The van der Waals surface area contributed by atoms with E-state index in [-0.39, 0.29) is 54.2 Å². The maximum atomic E-state index is 11.8. The van der Waals surface area contributed by atoms with Crippen LogP contribution in [0.25, 0.3) is 0 Å². The second-order valence-electron chi connectivity index (χ2n) is 17.5. The highest BCUT2D eigenvalue weighted by molar-refractivity contribution is 6.21. The summed E-state index contributed by atoms with van der Waals surface area (Å²) in [6.45, 7) is 27.4. The van der Waals surface area contributed by atoms with Gasteiger partial charge < -0.3 is 19.7 Å². The minimum atomic E-state index is -0.722. The van der Waals surface area contributed by atoms with Crippen molar-refractivity contribution in [2.45, 2.75) is 135 Å². The molecule has 2 unspecified atom stereocenters. The zero-order valence-corrected chi connectivity index (χ0v) is 39.0. The van der Waals surface area contributed by atoms with E-state index in [0.29, 0.717) is 24.1 Å². The Kier molecular flexibility index (Phi) is 24.3. The SMILES string of the molecule is CC1C(=O)N(c2ccccc2)C(=O)C1C.CCC(C)(C)C(=O)O.CCC(C)(C)C(=O)OCCO.CCC(C)(C)C(=O)OCc1ccccc1.CCC(C)(C)c1ccccc1. The number of anilines is 1. The molecule has 1 aliphatic rings. The van der Waals surface area contributed by atoms with Crippen molar-refractivity contribution in [2.75, 3.05) is 18.1 Å². The standard InChI is InChI=1S/C13H18O2.C12H13NO2.C11H16.C8H16O3.C6H12O2/c1-4-13(2,3)12(14)15-10-11-8-6-5-7-9-11;1-8-9(2)12(15)13(11(8)14)10-6-4-3-5-7-10;1-4-11(2,3)10-8-6-5-7-9-10;1-4-8(2,3)7(10)11-6-5-9;1-4-6(2,3)5(7)8/h5-9H,4,10H2,1-3H3;3-9H,1-2H3;5-9H,4H2,1-3H3;9H,4-6H2,1-3H3;4H2,1-3H3,(H,7,8). The summed E-state index contributed by atoms with van der Waals surface area (Å²) in [7, 11) is 0. The molecule has 2 atom stereocenters. The fraction of sp³-hybridized carbons (Fsp3) is 0.540. The van der Waals surface area contributed by atoms with Gasteiger partial charge in [0.2, 0.25) is 11.8 Å². The molecular formula is C50H75NO9. The monoisotopic (exact) mass is 834 g/mol. The molecular weight excluding hydrogens is 759 g/mol. The average Bonchev–Trinajstić information content (AvgIpc) is 3.44. The van der Waals surface area contributed by atoms with Crippen molar-refractivity contribution in [3.05, 3.63) is 102 Å². The molecule has 60 heavy (non-hydrogen) atoms. The Labute approximate surface area is 361 Å². The van der Waals surface area contributed by atoms with Gasteiger partial charge in [-0.15, -0.1) is 0 Å². The van der Waals surface area contributed by atoms with Crippen molar-refractivity contribution in [3.8, 4) is 0 Å². The quantitative estimate of drug-likeness (QED) is 0.127. The van der Waals surface area contributed by atoms with Crippen molar-refractivity contribution < 1.29 is 43.7 Å². The van der Waals surface area contributed by atoms with Crippen LogP contribution in [0.3, 0.4) is 0 Å². The highest BCUT2D eigenvalue weighted by Gasteiger charge is 2.42. The lowest BCUT2D eigenvalue weighted by Crippen LogP contribution is -2.30. The fourth-order valence-electron chi connectivity index (χ4n) is 4.56. The summed E-state index contributed by atoms with van der Waals surface area (Å²) in [5, 5.41) is 16.8. The summed E-state index contributed by atoms with van der Waals surface area (Å²) in [6.07, 6.45) is 3.41. The van der Waals surface area contributed by atoms with Crippen LogP contribution < -0.4 is 4.90 Å². The van der Waals surface area contributed by atoms with Crippen LogP contribution in [0.5, 0.6) is 0 Å². The van der Waals surface area contributed by atoms with E-state index in [1.807, 2.05) is 97.0 Å². The molecule has 0 saturated carbocycles. The van der Waals surface area contributed by atoms with Gasteiger partial charge in [0.15, 0.2) is 0 Å². The third kappa shape index (κ3) is 18.6. The third-order valence-electron chi connectivity index (χ3n) is 11.3. The van der Waals surface area contributed by atoms with E-state index in [0.717, 1.165) is 18.4 Å². The van der Waals surface area contributed by atoms with Crippen LogP contribution in [0.2, 0.25) is 0 Å². The Morgan fingerprint density at radius 1 is 0.583 bits per heavy atom. The van der Waals surface area contributed by atoms with Gasteiger partial charge in [0.1, 0.15) is 13.2 Å². The summed E-state index contributed by atoms with van der Waals surface area (Å²) in [6, 6.07) is 29.5. The number of carboxylic acids is 1.